The smallest absolute Gasteiger partial charge is 0.190 e. The van der Waals surface area contributed by atoms with E-state index < -0.39 is 18.7 Å². The summed E-state index contributed by atoms with van der Waals surface area (Å²) in [7, 11) is 0. The van der Waals surface area contributed by atoms with Crippen molar-refractivity contribution < 1.29 is 4.74 Å². The van der Waals surface area contributed by atoms with Gasteiger partial charge in [-0.05, 0) is 38.5 Å². The molecule has 0 rings (SSSR count). The van der Waals surface area contributed by atoms with Crippen LogP contribution < -0.4 is 0 Å². The van der Waals surface area contributed by atoms with Gasteiger partial charge in [-0.25, -0.2) is 0 Å². The summed E-state index contributed by atoms with van der Waals surface area (Å²) < 4.78 is 2.83. The molecule has 0 aliphatic heterocycles. The zero-order chi connectivity index (χ0) is 15.1. The van der Waals surface area contributed by atoms with Gasteiger partial charge in [0.25, 0.3) is 0 Å². The van der Waals surface area contributed by atoms with E-state index in [1.54, 1.807) is 0 Å². The van der Waals surface area contributed by atoms with Gasteiger partial charge in [-0.1, -0.05) is 92.8 Å². The lowest BCUT2D eigenvalue weighted by atomic mass is 10.2. The van der Waals surface area contributed by atoms with Crippen LogP contribution in [0, 0.1) is 0 Å². The Morgan fingerprint density at radius 1 is 0.684 bits per heavy atom. The number of hydrogen-bond acceptors (Lipinski definition) is 1. The fourth-order valence-corrected chi connectivity index (χ4v) is 2.63. The zero-order valence-electron chi connectivity index (χ0n) is 9.83. The minimum absolute atomic E-state index is 0.407. The Morgan fingerprint density at radius 3 is 1.26 bits per heavy atom. The molecule has 19 heavy (non-hydrogen) atoms. The third-order valence-electron chi connectivity index (χ3n) is 2.08. The normalized spacial score (nSPS) is 16.4. The molecular weight excluding hydrogens is 420 g/mol. The van der Waals surface area contributed by atoms with E-state index in [1.807, 2.05) is 0 Å². The highest BCUT2D eigenvalue weighted by Crippen LogP contribution is 2.34. The van der Waals surface area contributed by atoms with Crippen molar-refractivity contribution in [2.75, 3.05) is 0 Å². The Hall–Kier alpha value is 2.28. The Bertz CT molecular complexity index is 213. The van der Waals surface area contributed by atoms with Crippen LogP contribution in [0.25, 0.3) is 0 Å². The van der Waals surface area contributed by atoms with Crippen molar-refractivity contribution in [3.8, 4) is 0 Å². The summed E-state index contributed by atoms with van der Waals surface area (Å²) in [4.78, 5) is 0. The molecule has 0 saturated heterocycles. The lowest BCUT2D eigenvalue weighted by molar-refractivity contribution is 0.0694. The van der Waals surface area contributed by atoms with Gasteiger partial charge in [-0.15, -0.1) is 0 Å². The quantitative estimate of drug-likeness (QED) is 0.367. The predicted octanol–water partition coefficient (Wildman–Crippen LogP) is 7.21. The molecule has 0 radical (unpaired) electrons. The molecular formula is C10H14Cl8O. The lowest BCUT2D eigenvalue weighted by Crippen LogP contribution is -2.15. The van der Waals surface area contributed by atoms with Crippen LogP contribution in [0.15, 0.2) is 0 Å². The highest BCUT2D eigenvalue weighted by molar-refractivity contribution is 6.67. The van der Waals surface area contributed by atoms with Gasteiger partial charge in [0.2, 0.25) is 0 Å². The van der Waals surface area contributed by atoms with Crippen LogP contribution in [0.4, 0.5) is 0 Å². The molecule has 0 aliphatic rings. The van der Waals surface area contributed by atoms with E-state index in [1.165, 1.54) is 0 Å². The molecule has 1 nitrogen and oxygen atoms in total. The summed E-state index contributed by atoms with van der Waals surface area (Å²) in [6.45, 7) is 0. The fourth-order valence-electron chi connectivity index (χ4n) is 1.22. The predicted molar refractivity (Wildman–Crippen MR) is 88.6 cm³/mol. The highest BCUT2D eigenvalue weighted by atomic mass is 35.6. The second-order valence-electron chi connectivity index (χ2n) is 3.97. The van der Waals surface area contributed by atoms with E-state index in [0.717, 1.165) is 0 Å². The van der Waals surface area contributed by atoms with Crippen LogP contribution in [0.3, 0.4) is 0 Å². The first-order valence-corrected chi connectivity index (χ1v) is 8.71. The van der Waals surface area contributed by atoms with Gasteiger partial charge in [-0.3, -0.25) is 0 Å². The number of hydrogen-bond donors (Lipinski definition) is 0. The monoisotopic (exact) mass is 430 g/mol. The Kier molecular flexibility index (Phi) is 11.3. The van der Waals surface area contributed by atoms with Crippen molar-refractivity contribution in [3.05, 3.63) is 0 Å². The van der Waals surface area contributed by atoms with Crippen LogP contribution in [0.1, 0.15) is 38.5 Å². The van der Waals surface area contributed by atoms with E-state index in [-0.39, 0.29) is 0 Å². The topological polar surface area (TPSA) is 9.23 Å². The van der Waals surface area contributed by atoms with Gasteiger partial charge in [0.15, 0.2) is 7.59 Å². The van der Waals surface area contributed by atoms with E-state index in [2.05, 4.69) is 0 Å². The van der Waals surface area contributed by atoms with Crippen LogP contribution in [0.2, 0.25) is 0 Å². The van der Waals surface area contributed by atoms with Crippen LogP contribution >= 0.6 is 92.8 Å². The molecule has 0 N–H and O–H groups in total. The number of halogens is 8. The molecule has 0 heterocycles. The number of ether oxygens (including phenoxy) is 1. The van der Waals surface area contributed by atoms with E-state index in [0.29, 0.717) is 38.5 Å². The van der Waals surface area contributed by atoms with Gasteiger partial charge in [-0.2, -0.15) is 0 Å². The Balaban J connectivity index is 3.66. The van der Waals surface area contributed by atoms with Gasteiger partial charge < -0.3 is 4.74 Å². The third kappa shape index (κ3) is 16.5. The van der Waals surface area contributed by atoms with Crippen LogP contribution in [-0.2, 0) is 4.74 Å². The molecule has 2 atom stereocenters. The summed E-state index contributed by atoms with van der Waals surface area (Å²) in [6, 6.07) is 0. The molecule has 2 unspecified atom stereocenters. The minimum Gasteiger partial charge on any atom is -0.344 e. The number of alkyl halides is 8. The SMILES string of the molecule is ClC(CCCC(Cl)(Cl)Cl)OC(Cl)CCCC(Cl)(Cl)Cl. The third-order valence-corrected chi connectivity index (χ3v) is 3.85. The molecule has 0 aromatic rings. The van der Waals surface area contributed by atoms with E-state index in [9.17, 15) is 0 Å². The molecule has 0 spiro atoms. The van der Waals surface area contributed by atoms with Gasteiger partial charge in [0.05, 0.1) is 0 Å². The molecule has 0 aromatic heterocycles. The first-order chi connectivity index (χ1) is 8.49. The summed E-state index contributed by atoms with van der Waals surface area (Å²) in [6.07, 6.45) is 3.16. The fraction of sp³-hybridized carbons (Fsp3) is 1.00. The maximum absolute atomic E-state index is 5.96. The second-order valence-corrected chi connectivity index (χ2v) is 9.98. The zero-order valence-corrected chi connectivity index (χ0v) is 15.9. The molecule has 0 amide bonds. The molecule has 0 aromatic carbocycles. The molecule has 0 saturated carbocycles. The Morgan fingerprint density at radius 2 is 1.00 bits per heavy atom. The highest BCUT2D eigenvalue weighted by Gasteiger charge is 2.22. The van der Waals surface area contributed by atoms with Crippen molar-refractivity contribution in [3.63, 3.8) is 0 Å². The Labute approximate surface area is 154 Å². The van der Waals surface area contributed by atoms with Crippen molar-refractivity contribution in [2.24, 2.45) is 0 Å². The van der Waals surface area contributed by atoms with Crippen LogP contribution in [-0.4, -0.2) is 18.7 Å². The summed E-state index contributed by atoms with van der Waals surface area (Å²) >= 11 is 45.6. The average molecular weight is 434 g/mol. The molecule has 0 fully saturated rings. The molecule has 116 valence electrons. The van der Waals surface area contributed by atoms with Crippen molar-refractivity contribution >= 4 is 92.8 Å². The lowest BCUT2D eigenvalue weighted by Gasteiger charge is -2.18. The molecule has 0 bridgehead atoms. The number of rotatable bonds is 8. The first kappa shape index (κ1) is 21.3. The van der Waals surface area contributed by atoms with E-state index in [4.69, 9.17) is 97.5 Å². The van der Waals surface area contributed by atoms with Crippen molar-refractivity contribution in [1.82, 2.24) is 0 Å². The van der Waals surface area contributed by atoms with Crippen molar-refractivity contribution in [1.29, 1.82) is 0 Å². The van der Waals surface area contributed by atoms with Gasteiger partial charge >= 0.3 is 0 Å². The van der Waals surface area contributed by atoms with Crippen LogP contribution in [0.5, 0.6) is 0 Å². The first-order valence-electron chi connectivity index (χ1n) is 5.57. The molecule has 0 aliphatic carbocycles. The minimum atomic E-state index is -1.26. The largest absolute Gasteiger partial charge is 0.344 e. The standard InChI is InChI=1S/C10H14Cl8O/c11-7(3-1-5-9(13,14)15)19-8(12)4-2-6-10(16,17)18/h7-8H,1-6H2. The summed E-state index contributed by atoms with van der Waals surface area (Å²) in [5.41, 5.74) is -1.05. The van der Waals surface area contributed by atoms with E-state index >= 15 is 0 Å². The summed E-state index contributed by atoms with van der Waals surface area (Å²) in [5, 5.41) is 0. The van der Waals surface area contributed by atoms with Gasteiger partial charge in [0, 0.05) is 0 Å². The van der Waals surface area contributed by atoms with Gasteiger partial charge in [0.1, 0.15) is 11.1 Å². The van der Waals surface area contributed by atoms with Crippen molar-refractivity contribution in [2.45, 2.75) is 57.2 Å². The summed E-state index contributed by atoms with van der Waals surface area (Å²) in [5.74, 6) is 0. The second kappa shape index (κ2) is 10.1. The molecule has 9 heteroatoms. The maximum Gasteiger partial charge on any atom is 0.190 e. The maximum atomic E-state index is 5.96. The average Bonchev–Trinajstić information content (AvgIpc) is 2.12.